The molecule has 1 fully saturated rings. The lowest BCUT2D eigenvalue weighted by atomic mass is 9.90. The highest BCUT2D eigenvalue weighted by Gasteiger charge is 2.40. The highest BCUT2D eigenvalue weighted by atomic mass is 35.5. The molecule has 1 amide bonds. The Hall–Kier alpha value is -3.39. The number of carbonyl (C=O) groups is 1. The molecule has 2 aliphatic rings. The van der Waals surface area contributed by atoms with Crippen LogP contribution in [0.3, 0.4) is 0 Å². The molecular weight excluding hydrogens is 500 g/mol. The van der Waals surface area contributed by atoms with E-state index in [0.717, 1.165) is 31.6 Å². The van der Waals surface area contributed by atoms with E-state index in [0.29, 0.717) is 16.4 Å². The largest absolute Gasteiger partial charge is 0.508 e. The van der Waals surface area contributed by atoms with Crippen molar-refractivity contribution in [3.8, 4) is 17.6 Å². The van der Waals surface area contributed by atoms with Crippen LogP contribution in [-0.2, 0) is 6.54 Å². The van der Waals surface area contributed by atoms with Crippen molar-refractivity contribution in [1.29, 1.82) is 5.26 Å². The number of thioether (sulfide) groups is 1. The van der Waals surface area contributed by atoms with Gasteiger partial charge in [0, 0.05) is 24.3 Å². The number of phenolic OH excluding ortho intramolecular Hbond substituents is 1. The number of hydrogen-bond donors (Lipinski definition) is 4. The van der Waals surface area contributed by atoms with Crippen molar-refractivity contribution in [3.63, 3.8) is 0 Å². The van der Waals surface area contributed by atoms with Crippen molar-refractivity contribution in [3.05, 3.63) is 69.2 Å². The fourth-order valence-electron chi connectivity index (χ4n) is 4.32. The summed E-state index contributed by atoms with van der Waals surface area (Å²) in [5.74, 6) is 0.378. The van der Waals surface area contributed by atoms with E-state index in [2.05, 4.69) is 21.3 Å². The number of aliphatic imine (C=N–C) groups is 1. The first kappa shape index (κ1) is 25.7. The Labute approximate surface area is 218 Å². The first-order valence-corrected chi connectivity index (χ1v) is 12.7. The number of halogens is 1. The minimum absolute atomic E-state index is 0.0190. The molecule has 6 N–H and O–H groups in total. The Morgan fingerprint density at radius 2 is 2.08 bits per heavy atom. The number of rotatable bonds is 8. The van der Waals surface area contributed by atoms with Crippen molar-refractivity contribution >= 4 is 35.2 Å². The van der Waals surface area contributed by atoms with E-state index < -0.39 is 5.91 Å². The number of hydrogen-bond acceptors (Lipinski definition) is 7. The molecule has 4 rings (SSSR count). The number of likely N-dealkylation sites (tertiary alicyclic amines) is 1. The molecule has 0 saturated carbocycles. The molecule has 188 valence electrons. The van der Waals surface area contributed by atoms with Crippen LogP contribution in [0, 0.1) is 17.2 Å². The molecule has 2 aromatic carbocycles. The summed E-state index contributed by atoms with van der Waals surface area (Å²) in [5, 5.41) is 23.3. The number of phenols is 1. The second-order valence-electron chi connectivity index (χ2n) is 8.56. The molecule has 2 atom stereocenters. The van der Waals surface area contributed by atoms with Crippen LogP contribution in [0.25, 0.3) is 0 Å². The summed E-state index contributed by atoms with van der Waals surface area (Å²) in [5.41, 5.74) is 12.6. The van der Waals surface area contributed by atoms with Crippen molar-refractivity contribution in [2.45, 2.75) is 18.2 Å². The maximum absolute atomic E-state index is 13.1. The molecule has 11 heteroatoms. The van der Waals surface area contributed by atoms with Crippen LogP contribution in [0.1, 0.15) is 22.3 Å². The normalized spacial score (nSPS) is 19.3. The summed E-state index contributed by atoms with van der Waals surface area (Å²) in [6.45, 7) is 2.93. The number of carbonyl (C=O) groups excluding carboxylic acids is 1. The van der Waals surface area contributed by atoms with E-state index in [1.54, 1.807) is 30.3 Å². The van der Waals surface area contributed by atoms with Gasteiger partial charge in [0.15, 0.2) is 5.96 Å². The number of piperidine rings is 1. The van der Waals surface area contributed by atoms with Gasteiger partial charge in [-0.25, -0.2) is 0 Å². The number of aromatic hydroxyl groups is 1. The third-order valence-electron chi connectivity index (χ3n) is 6.05. The lowest BCUT2D eigenvalue weighted by molar-refractivity contribution is 0.0968. The molecule has 0 bridgehead atoms. The Bertz CT molecular complexity index is 1220. The smallest absolute Gasteiger partial charge is 0.257 e. The first-order chi connectivity index (χ1) is 17.3. The molecule has 2 aliphatic heterocycles. The average molecular weight is 527 g/mol. The number of amides is 1. The van der Waals surface area contributed by atoms with Crippen LogP contribution in [0.15, 0.2) is 58.1 Å². The van der Waals surface area contributed by atoms with Gasteiger partial charge in [0.05, 0.1) is 33.8 Å². The zero-order chi connectivity index (χ0) is 25.7. The zero-order valence-electron chi connectivity index (χ0n) is 19.5. The van der Waals surface area contributed by atoms with E-state index in [9.17, 15) is 15.2 Å². The van der Waals surface area contributed by atoms with Crippen LogP contribution < -0.4 is 21.5 Å². The lowest BCUT2D eigenvalue weighted by Gasteiger charge is -2.34. The van der Waals surface area contributed by atoms with Crippen LogP contribution in [0.4, 0.5) is 0 Å². The average Bonchev–Trinajstić information content (AvgIpc) is 3.20. The van der Waals surface area contributed by atoms with E-state index in [-0.39, 0.29) is 46.6 Å². The van der Waals surface area contributed by atoms with Crippen molar-refractivity contribution in [1.82, 2.24) is 10.2 Å². The number of allylic oxidation sites excluding steroid dienone is 1. The number of ether oxygens (including phenoxy) is 1. The molecule has 2 aromatic rings. The molecule has 36 heavy (non-hydrogen) atoms. The Morgan fingerprint density at radius 1 is 1.31 bits per heavy atom. The number of nitrogens with one attached hydrogen (secondary N) is 1. The summed E-state index contributed by atoms with van der Waals surface area (Å²) >= 11 is 7.82. The third kappa shape index (κ3) is 6.23. The maximum atomic E-state index is 13.1. The standard InChI is InChI=1S/C25H27ClN6O3S/c26-21-6-5-17(35-10-8-30-25(28)29)11-19(21)23(34)31-24-20(12-27)18-7-9-32(14-22(18)36-24)13-15-1-3-16(33)4-2-15/h1-6,11,18,22,33H,7-10,13-14H2,(H,31,34)(H4,28,29,30). The predicted molar refractivity (Wildman–Crippen MR) is 141 cm³/mol. The predicted octanol–water partition coefficient (Wildman–Crippen LogP) is 2.80. The van der Waals surface area contributed by atoms with E-state index in [4.69, 9.17) is 27.8 Å². The minimum atomic E-state index is -0.399. The maximum Gasteiger partial charge on any atom is 0.257 e. The molecule has 0 radical (unpaired) electrons. The van der Waals surface area contributed by atoms with Gasteiger partial charge in [-0.15, -0.1) is 11.8 Å². The van der Waals surface area contributed by atoms with Crippen molar-refractivity contribution in [2.75, 3.05) is 26.2 Å². The number of nitrogens with zero attached hydrogens (tertiary/aromatic N) is 3. The number of nitriles is 1. The van der Waals surface area contributed by atoms with E-state index >= 15 is 0 Å². The van der Waals surface area contributed by atoms with Crippen LogP contribution >= 0.6 is 23.4 Å². The lowest BCUT2D eigenvalue weighted by Crippen LogP contribution is -2.40. The second-order valence-corrected chi connectivity index (χ2v) is 10.2. The first-order valence-electron chi connectivity index (χ1n) is 11.4. The monoisotopic (exact) mass is 526 g/mol. The van der Waals surface area contributed by atoms with Crippen LogP contribution in [0.2, 0.25) is 5.02 Å². The Morgan fingerprint density at radius 3 is 2.81 bits per heavy atom. The van der Waals surface area contributed by atoms with Gasteiger partial charge in [-0.3, -0.25) is 14.7 Å². The van der Waals surface area contributed by atoms with Gasteiger partial charge in [-0.05, 0) is 48.9 Å². The van der Waals surface area contributed by atoms with Gasteiger partial charge in [0.25, 0.3) is 5.91 Å². The topological polar surface area (TPSA) is 150 Å². The fourth-order valence-corrected chi connectivity index (χ4v) is 6.03. The molecule has 2 heterocycles. The van der Waals surface area contributed by atoms with Crippen molar-refractivity contribution in [2.24, 2.45) is 22.4 Å². The second kappa shape index (κ2) is 11.6. The van der Waals surface area contributed by atoms with Crippen LogP contribution in [0.5, 0.6) is 11.5 Å². The van der Waals surface area contributed by atoms with Gasteiger partial charge in [-0.1, -0.05) is 23.7 Å². The summed E-state index contributed by atoms with van der Waals surface area (Å²) in [7, 11) is 0. The Balaban J connectivity index is 1.40. The molecular formula is C25H27ClN6O3S. The zero-order valence-corrected chi connectivity index (χ0v) is 21.1. The molecule has 0 aliphatic carbocycles. The molecule has 0 aromatic heterocycles. The Kier molecular flexibility index (Phi) is 8.25. The molecule has 2 unspecified atom stereocenters. The molecule has 1 saturated heterocycles. The third-order valence-corrected chi connectivity index (χ3v) is 7.72. The fraction of sp³-hybridized carbons (Fsp3) is 0.320. The summed E-state index contributed by atoms with van der Waals surface area (Å²) in [6, 6.07) is 14.3. The van der Waals surface area contributed by atoms with Gasteiger partial charge in [0.2, 0.25) is 0 Å². The van der Waals surface area contributed by atoms with Gasteiger partial charge in [-0.2, -0.15) is 5.26 Å². The highest BCUT2D eigenvalue weighted by Crippen LogP contribution is 2.45. The van der Waals surface area contributed by atoms with Gasteiger partial charge >= 0.3 is 0 Å². The van der Waals surface area contributed by atoms with Crippen molar-refractivity contribution < 1.29 is 14.6 Å². The van der Waals surface area contributed by atoms with Gasteiger partial charge < -0.3 is 26.6 Å². The number of nitrogens with two attached hydrogens (primary N) is 2. The number of guanidine groups is 1. The summed E-state index contributed by atoms with van der Waals surface area (Å²) in [4.78, 5) is 19.3. The molecule has 9 nitrogen and oxygen atoms in total. The molecule has 0 spiro atoms. The van der Waals surface area contributed by atoms with E-state index in [1.165, 1.54) is 11.8 Å². The van der Waals surface area contributed by atoms with Gasteiger partial charge in [0.1, 0.15) is 18.1 Å². The number of fused-ring (bicyclic) bond motifs is 1. The minimum Gasteiger partial charge on any atom is -0.508 e. The summed E-state index contributed by atoms with van der Waals surface area (Å²) in [6.07, 6.45) is 0.831. The number of benzene rings is 2. The van der Waals surface area contributed by atoms with Crippen LogP contribution in [-0.4, -0.2) is 53.4 Å². The SMILES string of the molecule is N#CC1=C(NC(=O)c2cc(OCCN=C(N)N)ccc2Cl)SC2CN(Cc3ccc(O)cc3)CCC12. The quantitative estimate of drug-likeness (QED) is 0.233. The highest BCUT2D eigenvalue weighted by molar-refractivity contribution is 8.04. The van der Waals surface area contributed by atoms with E-state index in [1.807, 2.05) is 12.1 Å². The summed E-state index contributed by atoms with van der Waals surface area (Å²) < 4.78 is 5.61.